The Bertz CT molecular complexity index is 814. The summed E-state index contributed by atoms with van der Waals surface area (Å²) in [6, 6.07) is 0. The lowest BCUT2D eigenvalue weighted by Crippen LogP contribution is -2.65. The molecule has 3 heterocycles. The van der Waals surface area contributed by atoms with Crippen LogP contribution in [0.25, 0.3) is 0 Å². The van der Waals surface area contributed by atoms with Gasteiger partial charge in [0.2, 0.25) is 0 Å². The Morgan fingerprint density at radius 2 is 1.31 bits per heavy atom. The van der Waals surface area contributed by atoms with Gasteiger partial charge in [0.1, 0.15) is 48.8 Å². The molecular weight excluding hydrogens is 524 g/mol. The van der Waals surface area contributed by atoms with Crippen molar-refractivity contribution >= 4 is 0 Å². The van der Waals surface area contributed by atoms with Gasteiger partial charge in [0.05, 0.1) is 43.7 Å². The van der Waals surface area contributed by atoms with Crippen LogP contribution in [0.5, 0.6) is 0 Å². The summed E-state index contributed by atoms with van der Waals surface area (Å²) in [7, 11) is 0. The molecule has 4 fully saturated rings. The Kier molecular flexibility index (Phi) is 9.63. The molecule has 0 radical (unpaired) electrons. The summed E-state index contributed by atoms with van der Waals surface area (Å²) in [6.45, 7) is 4.39. The highest BCUT2D eigenvalue weighted by Gasteiger charge is 2.65. The standard InChI is InChI=1S/C25H44O14/c1-10(28)4-5-14-24(2)9-35-25(14,3)6-11(36-22-19(33)17(31)15(29)12(7-26)37-22)21(24)39-23-20(34)18(32)16(30)13(8-27)38-23/h10-23,26-34H,4-9H2,1-3H3/t10-,11-,12-,13-,14-,15-,16-,17+,18+,19-,20-,21+,22-,23+,24-,25-/m1/s1. The van der Waals surface area contributed by atoms with Crippen LogP contribution in [-0.2, 0) is 23.7 Å². The van der Waals surface area contributed by atoms with Gasteiger partial charge < -0.3 is 69.6 Å². The lowest BCUT2D eigenvalue weighted by Gasteiger charge is -2.53. The number of hydrogen-bond acceptors (Lipinski definition) is 14. The number of aliphatic hydroxyl groups excluding tert-OH is 9. The van der Waals surface area contributed by atoms with Crippen LogP contribution in [0.1, 0.15) is 40.0 Å². The number of fused-ring (bicyclic) bond motifs is 2. The molecule has 1 aliphatic carbocycles. The third-order valence-electron chi connectivity index (χ3n) is 9.00. The number of aliphatic hydroxyl groups is 9. The summed E-state index contributed by atoms with van der Waals surface area (Å²) >= 11 is 0. The van der Waals surface area contributed by atoms with Crippen LogP contribution in [0, 0.1) is 11.3 Å². The molecule has 0 aromatic heterocycles. The fourth-order valence-corrected chi connectivity index (χ4v) is 6.71. The van der Waals surface area contributed by atoms with Gasteiger partial charge in [0, 0.05) is 11.8 Å². The van der Waals surface area contributed by atoms with Crippen LogP contribution in [0.2, 0.25) is 0 Å². The second-order valence-electron chi connectivity index (χ2n) is 11.9. The predicted octanol–water partition coefficient (Wildman–Crippen LogP) is -3.67. The molecule has 0 amide bonds. The summed E-state index contributed by atoms with van der Waals surface area (Å²) in [5.41, 5.74) is -1.56. The maximum atomic E-state index is 10.7. The van der Waals surface area contributed by atoms with Crippen molar-refractivity contribution in [2.24, 2.45) is 11.3 Å². The number of ether oxygens (including phenoxy) is 5. The van der Waals surface area contributed by atoms with Crippen molar-refractivity contribution in [1.29, 1.82) is 0 Å². The minimum Gasteiger partial charge on any atom is -0.394 e. The van der Waals surface area contributed by atoms with Crippen molar-refractivity contribution in [3.05, 3.63) is 0 Å². The second kappa shape index (κ2) is 12.0. The third kappa shape index (κ3) is 5.75. The van der Waals surface area contributed by atoms with Gasteiger partial charge in [0.25, 0.3) is 0 Å². The Balaban J connectivity index is 1.64. The Labute approximate surface area is 226 Å². The zero-order chi connectivity index (χ0) is 28.9. The summed E-state index contributed by atoms with van der Waals surface area (Å²) < 4.78 is 29.9. The largest absolute Gasteiger partial charge is 0.394 e. The number of hydrogen-bond donors (Lipinski definition) is 9. The van der Waals surface area contributed by atoms with Crippen LogP contribution >= 0.6 is 0 Å². The van der Waals surface area contributed by atoms with E-state index < -0.39 is 104 Å². The first kappa shape index (κ1) is 31.4. The van der Waals surface area contributed by atoms with Crippen molar-refractivity contribution < 1.29 is 69.6 Å². The zero-order valence-electron chi connectivity index (χ0n) is 22.4. The van der Waals surface area contributed by atoms with Gasteiger partial charge in [-0.25, -0.2) is 0 Å². The Morgan fingerprint density at radius 1 is 0.795 bits per heavy atom. The van der Waals surface area contributed by atoms with Crippen LogP contribution < -0.4 is 0 Å². The molecule has 0 spiro atoms. The second-order valence-corrected chi connectivity index (χ2v) is 11.9. The van der Waals surface area contributed by atoms with Crippen LogP contribution in [-0.4, -0.2) is 151 Å². The SMILES string of the molecule is C[C@@H](O)CC[C@@H]1[C@@]2(C)CO[C@]1(C)C[C@@H](O[C@@H]1O[C@H](CO)[C@@H](O)[C@H](O)[C@H]1O)[C@@H]2O[C@@H]1O[C@H](CO)[C@@H](O)[C@H](O)[C@H]1O. The molecule has 0 aromatic carbocycles. The van der Waals surface area contributed by atoms with E-state index in [0.717, 1.165) is 0 Å². The molecule has 16 atom stereocenters. The molecule has 3 saturated heterocycles. The summed E-state index contributed by atoms with van der Waals surface area (Å²) in [5, 5.41) is 91.4. The fourth-order valence-electron chi connectivity index (χ4n) is 6.71. The molecule has 1 saturated carbocycles. The van der Waals surface area contributed by atoms with Gasteiger partial charge in [-0.05, 0) is 32.6 Å². The molecule has 14 nitrogen and oxygen atoms in total. The lowest BCUT2D eigenvalue weighted by molar-refractivity contribution is -0.356. The van der Waals surface area contributed by atoms with E-state index in [1.165, 1.54) is 0 Å². The van der Waals surface area contributed by atoms with E-state index in [-0.39, 0.29) is 18.9 Å². The van der Waals surface area contributed by atoms with E-state index in [2.05, 4.69) is 0 Å². The molecule has 3 aliphatic heterocycles. The van der Waals surface area contributed by atoms with E-state index >= 15 is 0 Å². The fraction of sp³-hybridized carbons (Fsp3) is 1.00. The molecule has 14 heteroatoms. The van der Waals surface area contributed by atoms with Crippen LogP contribution in [0.4, 0.5) is 0 Å². The van der Waals surface area contributed by atoms with Crippen molar-refractivity contribution in [3.63, 3.8) is 0 Å². The van der Waals surface area contributed by atoms with E-state index in [4.69, 9.17) is 23.7 Å². The summed E-state index contributed by atoms with van der Waals surface area (Å²) in [5.74, 6) is -0.163. The predicted molar refractivity (Wildman–Crippen MR) is 129 cm³/mol. The summed E-state index contributed by atoms with van der Waals surface area (Å²) in [6.07, 6.45) is -16.3. The first-order valence-corrected chi connectivity index (χ1v) is 13.5. The monoisotopic (exact) mass is 568 g/mol. The smallest absolute Gasteiger partial charge is 0.187 e. The average molecular weight is 569 g/mol. The van der Waals surface area contributed by atoms with E-state index in [9.17, 15) is 46.0 Å². The number of rotatable bonds is 9. The molecule has 9 N–H and O–H groups in total. The highest BCUT2D eigenvalue weighted by atomic mass is 16.7. The highest BCUT2D eigenvalue weighted by Crippen LogP contribution is 2.58. The molecular formula is C25H44O14. The van der Waals surface area contributed by atoms with Gasteiger partial charge >= 0.3 is 0 Å². The Hall–Kier alpha value is -0.560. The minimum atomic E-state index is -1.68. The normalized spacial score (nSPS) is 53.1. The maximum Gasteiger partial charge on any atom is 0.187 e. The van der Waals surface area contributed by atoms with E-state index in [1.807, 2.05) is 13.8 Å². The molecule has 228 valence electrons. The van der Waals surface area contributed by atoms with Crippen LogP contribution in [0.15, 0.2) is 0 Å². The topological polar surface area (TPSA) is 228 Å². The Morgan fingerprint density at radius 3 is 1.79 bits per heavy atom. The highest BCUT2D eigenvalue weighted by molar-refractivity contribution is 5.12. The maximum absolute atomic E-state index is 10.7. The van der Waals surface area contributed by atoms with Gasteiger partial charge in [-0.3, -0.25) is 0 Å². The quantitative estimate of drug-likeness (QED) is 0.131. The average Bonchev–Trinajstić information content (AvgIpc) is 3.09. The first-order chi connectivity index (χ1) is 18.3. The first-order valence-electron chi connectivity index (χ1n) is 13.5. The van der Waals surface area contributed by atoms with Crippen LogP contribution in [0.3, 0.4) is 0 Å². The van der Waals surface area contributed by atoms with Crippen molar-refractivity contribution in [1.82, 2.24) is 0 Å². The molecule has 0 aromatic rings. The zero-order valence-corrected chi connectivity index (χ0v) is 22.4. The molecule has 39 heavy (non-hydrogen) atoms. The lowest BCUT2D eigenvalue weighted by atomic mass is 9.59. The summed E-state index contributed by atoms with van der Waals surface area (Å²) in [4.78, 5) is 0. The van der Waals surface area contributed by atoms with Crippen molar-refractivity contribution in [3.8, 4) is 0 Å². The van der Waals surface area contributed by atoms with Crippen molar-refractivity contribution in [2.75, 3.05) is 19.8 Å². The van der Waals surface area contributed by atoms with E-state index in [0.29, 0.717) is 12.8 Å². The molecule has 0 unspecified atom stereocenters. The van der Waals surface area contributed by atoms with Gasteiger partial charge in [0.15, 0.2) is 12.6 Å². The van der Waals surface area contributed by atoms with Gasteiger partial charge in [-0.2, -0.15) is 0 Å². The molecule has 2 bridgehead atoms. The van der Waals surface area contributed by atoms with E-state index in [1.54, 1.807) is 6.92 Å². The van der Waals surface area contributed by atoms with Gasteiger partial charge in [-0.15, -0.1) is 0 Å². The minimum absolute atomic E-state index is 0.163. The third-order valence-corrected chi connectivity index (χ3v) is 9.00. The molecule has 4 aliphatic rings. The molecule has 4 rings (SSSR count). The van der Waals surface area contributed by atoms with Crippen molar-refractivity contribution in [2.45, 2.75) is 125 Å². The van der Waals surface area contributed by atoms with Gasteiger partial charge in [-0.1, -0.05) is 6.92 Å².